The van der Waals surface area contributed by atoms with Gasteiger partial charge >= 0.3 is 18.1 Å². The molecule has 4 N–H and O–H groups in total. The summed E-state index contributed by atoms with van der Waals surface area (Å²) < 4.78 is 71.1. The number of amides is 3. The summed E-state index contributed by atoms with van der Waals surface area (Å²) in [5.41, 5.74) is 0.299. The van der Waals surface area contributed by atoms with Gasteiger partial charge in [0.1, 0.15) is 23.2 Å². The molecule has 4 aliphatic heterocycles. The molecule has 10 atom stereocenters. The second-order valence-electron chi connectivity index (χ2n) is 25.7. The van der Waals surface area contributed by atoms with Gasteiger partial charge in [0.05, 0.1) is 45.5 Å². The van der Waals surface area contributed by atoms with Crippen molar-refractivity contribution in [2.45, 2.75) is 205 Å². The Balaban J connectivity index is 0.000000198. The highest BCUT2D eigenvalue weighted by atomic mass is 32.2. The van der Waals surface area contributed by atoms with Gasteiger partial charge in [-0.05, 0) is 127 Å². The first kappa shape index (κ1) is 66.5. The fraction of sp³-hybridized carbons (Fsp3) is 0.625. The number of fused-ring (bicyclic) bond motifs is 6. The first-order valence-corrected chi connectivity index (χ1v) is 33.2. The third-order valence-electron chi connectivity index (χ3n) is 19.1. The van der Waals surface area contributed by atoms with Crippen LogP contribution in [-0.2, 0) is 48.8 Å². The molecule has 6 fully saturated rings. The van der Waals surface area contributed by atoms with Crippen LogP contribution in [0.4, 0.5) is 0 Å². The Morgan fingerprint density at radius 2 is 1.07 bits per heavy atom. The number of nitrogens with zero attached hydrogens (tertiary/aromatic N) is 4. The fourth-order valence-corrected chi connectivity index (χ4v) is 14.4. The van der Waals surface area contributed by atoms with Gasteiger partial charge in [0, 0.05) is 37.5 Å². The maximum absolute atomic E-state index is 14.0. The number of hydrogen-bond donors (Lipinski definition) is 3. The number of carbonyl (C=O) groups excluding carboxylic acids is 5. The number of oxazole rings is 2. The van der Waals surface area contributed by atoms with Gasteiger partial charge in [-0.25, -0.2) is 22.0 Å². The molecule has 4 aromatic rings. The normalized spacial score (nSPS) is 31.1. The second-order valence-corrected chi connectivity index (χ2v) is 30.0. The quantitative estimate of drug-likeness (QED) is 0.131. The lowest BCUT2D eigenvalue weighted by molar-refractivity contribution is -0.147. The van der Waals surface area contributed by atoms with E-state index in [1.165, 1.54) is 0 Å². The number of ketones is 2. The minimum absolute atomic E-state index is 0. The van der Waals surface area contributed by atoms with Crippen molar-refractivity contribution in [3.8, 4) is 12.2 Å². The van der Waals surface area contributed by atoms with Gasteiger partial charge in [-0.15, -0.1) is 0 Å². The number of carboxylic acid groups (broad SMARTS) is 1. The Kier molecular flexibility index (Phi) is 20.1. The zero-order valence-corrected chi connectivity index (χ0v) is 50.6. The molecule has 4 aliphatic carbocycles. The highest BCUT2D eigenvalue weighted by molar-refractivity contribution is 7.91. The van der Waals surface area contributed by atoms with Crippen molar-refractivity contribution < 1.29 is 69.0 Å². The number of sulfonamides is 2. The van der Waals surface area contributed by atoms with Gasteiger partial charge in [0.15, 0.2) is 22.7 Å². The van der Waals surface area contributed by atoms with Crippen molar-refractivity contribution in [2.24, 2.45) is 39.6 Å². The van der Waals surface area contributed by atoms with Gasteiger partial charge in [-0.1, -0.05) is 103 Å². The minimum atomic E-state index is -3.85. The number of nitrogens with two attached hydrogens (primary N) is 1. The number of nitrogens with one attached hydrogen (secondary N) is 1. The molecule has 23 heteroatoms. The topological polar surface area (TPSA) is 306 Å². The summed E-state index contributed by atoms with van der Waals surface area (Å²) in [7, 11) is -7.08. The number of primary sulfonamides is 1. The van der Waals surface area contributed by atoms with Crippen molar-refractivity contribution in [3.05, 3.63) is 72.8 Å². The van der Waals surface area contributed by atoms with Gasteiger partial charge in [0.25, 0.3) is 0 Å². The van der Waals surface area contributed by atoms with Crippen LogP contribution in [0.2, 0.25) is 0 Å². The smallest absolute Gasteiger partial charge is 0.394 e. The first-order chi connectivity index (χ1) is 40.3. The van der Waals surface area contributed by atoms with E-state index in [4.69, 9.17) is 23.4 Å². The van der Waals surface area contributed by atoms with Crippen LogP contribution >= 0.6 is 0 Å². The van der Waals surface area contributed by atoms with Crippen molar-refractivity contribution >= 4 is 77.5 Å². The number of hydrogen-bond acceptors (Lipinski definition) is 16. The summed E-state index contributed by atoms with van der Waals surface area (Å²) in [5, 5.41) is 14.8. The number of carboxylic acids is 1. The summed E-state index contributed by atoms with van der Waals surface area (Å²) in [6.45, 7) is 7.56. The summed E-state index contributed by atoms with van der Waals surface area (Å²) in [5.74, 6) is -3.04. The average molecular weight is 1250 g/mol. The minimum Gasteiger partial charge on any atom is -0.481 e. The Morgan fingerprint density at radius 3 is 1.48 bits per heavy atom. The Labute approximate surface area is 511 Å². The number of benzene rings is 2. The number of ether oxygens (including phenoxy) is 2. The number of allylic oxidation sites excluding steroid dienone is 4. The molecule has 476 valence electrons. The molecule has 87 heavy (non-hydrogen) atoms. The highest BCUT2D eigenvalue weighted by Gasteiger charge is 2.63. The summed E-state index contributed by atoms with van der Waals surface area (Å²) in [6.07, 6.45) is 19.9. The Hall–Kier alpha value is -6.46. The lowest BCUT2D eigenvalue weighted by Crippen LogP contribution is -2.46. The highest BCUT2D eigenvalue weighted by Crippen LogP contribution is 2.59. The first-order valence-electron chi connectivity index (χ1n) is 30.2. The molecule has 0 radical (unpaired) electrons. The Bertz CT molecular complexity index is 3430. The molecule has 2 saturated heterocycles. The fourth-order valence-electron chi connectivity index (χ4n) is 12.4. The zero-order valence-electron chi connectivity index (χ0n) is 48.9. The molecule has 2 aromatic heterocycles. The van der Waals surface area contributed by atoms with Crippen LogP contribution < -0.4 is 19.3 Å². The molecule has 2 aromatic carbocycles. The van der Waals surface area contributed by atoms with Crippen LogP contribution in [0.5, 0.6) is 12.2 Å². The van der Waals surface area contributed by atoms with Gasteiger partial charge in [0.2, 0.25) is 37.8 Å². The zero-order chi connectivity index (χ0) is 60.7. The number of aromatic nitrogens is 2. The monoisotopic (exact) mass is 1240 g/mol. The summed E-state index contributed by atoms with van der Waals surface area (Å²) in [6, 6.07) is 13.1. The van der Waals surface area contributed by atoms with Crippen LogP contribution in [0.25, 0.3) is 22.2 Å². The SMILES string of the molecule is C.C.CC1(S(N)(=O)=O)CC1.C[C@H]1CCCCC/C=C\[C@@H]2C[C@@]2(C(=O)NS(=O)(=O)C2(C)CC2)CC(=O)[C@@H]2C[C@@H](Oc3nc4ccccc4o3)CN2C1=O.C[C@H]1CCCCC/C=C\[C@@H]2C[C@@]2(C(=O)O)CC(=O)[C@@H]2C[C@@H](Oc3nc4ccccc4o3)CN2C1=O. The van der Waals surface area contributed by atoms with Crippen LogP contribution in [0.15, 0.2) is 81.7 Å². The van der Waals surface area contributed by atoms with Crippen molar-refractivity contribution in [1.29, 1.82) is 0 Å². The molecule has 0 bridgehead atoms. The lowest BCUT2D eigenvalue weighted by Gasteiger charge is -2.27. The molecule has 12 rings (SSSR count). The predicted molar refractivity (Wildman–Crippen MR) is 327 cm³/mol. The van der Waals surface area contributed by atoms with E-state index in [9.17, 15) is 50.7 Å². The van der Waals surface area contributed by atoms with Crippen molar-refractivity contribution in [2.75, 3.05) is 13.1 Å². The van der Waals surface area contributed by atoms with E-state index < -0.39 is 76.5 Å². The number of carbonyl (C=O) groups is 6. The molecule has 21 nitrogen and oxygen atoms in total. The van der Waals surface area contributed by atoms with E-state index in [1.807, 2.05) is 68.5 Å². The Morgan fingerprint density at radius 1 is 0.644 bits per heavy atom. The van der Waals surface area contributed by atoms with Crippen LogP contribution in [0.1, 0.15) is 171 Å². The van der Waals surface area contributed by atoms with Crippen molar-refractivity contribution in [3.63, 3.8) is 0 Å². The number of Topliss-reactive ketones (excluding diaryl/α,β-unsaturated/α-hetero) is 2. The van der Waals surface area contributed by atoms with Crippen LogP contribution in [-0.4, -0.2) is 124 Å². The maximum atomic E-state index is 14.0. The number of para-hydroxylation sites is 4. The van der Waals surface area contributed by atoms with Crippen LogP contribution in [0, 0.1) is 34.5 Å². The van der Waals surface area contributed by atoms with Crippen molar-refractivity contribution in [1.82, 2.24) is 24.5 Å². The molecular weight excluding hydrogens is 1160 g/mol. The molecule has 8 aliphatic rings. The van der Waals surface area contributed by atoms with Gasteiger partial charge in [-0.2, -0.15) is 9.97 Å². The predicted octanol–water partition coefficient (Wildman–Crippen LogP) is 9.78. The van der Waals surface area contributed by atoms with Gasteiger partial charge in [-0.3, -0.25) is 33.5 Å². The van der Waals surface area contributed by atoms with E-state index in [0.717, 1.165) is 77.0 Å². The van der Waals surface area contributed by atoms with E-state index in [-0.39, 0.29) is 106 Å². The standard InChI is InChI=1S/C31H39N3O7S.C27H32N2O6.C4H9NO2S.2CH4/c1-20-10-6-4-3-5-7-11-21-17-31(21,28(37)33-42(38,39)30(2)14-15-30)18-25(35)24-16-22(19-34(24)27(20)36)40-29-32-23-12-8-9-13-26(23)41-29;1-17-9-5-3-2-4-6-10-18-14-27(18,25(32)33)15-22(30)21-13-19(16-29(21)24(17)31)34-26-28-20-11-7-8-12-23(20)35-26;1-4(2-3-4)8(5,6)7;;/h7-9,11-13,20-22,24H,3-6,10,14-19H2,1-2H3,(H,33,37);6-8,10-12,17-19,21H,2-5,9,13-16H2,1H3,(H,32,33);2-3H2,1H3,(H2,5,6,7);2*1H4/b11-7-;10-6-;;;/t20-,21+,22+,24-,31+;17-,18+,19+,21-,27+;;;/m00.../s1. The maximum Gasteiger partial charge on any atom is 0.394 e. The van der Waals surface area contributed by atoms with Crippen LogP contribution in [0.3, 0.4) is 0 Å². The number of rotatable bonds is 9. The molecule has 0 spiro atoms. The number of aliphatic carboxylic acids is 1. The molecule has 6 heterocycles. The molecule has 4 saturated carbocycles. The van der Waals surface area contributed by atoms with E-state index >= 15 is 0 Å². The largest absolute Gasteiger partial charge is 0.481 e. The van der Waals surface area contributed by atoms with E-state index in [1.54, 1.807) is 35.8 Å². The third kappa shape index (κ3) is 14.7. The summed E-state index contributed by atoms with van der Waals surface area (Å²) >= 11 is 0. The average Bonchev–Trinajstić information content (AvgIpc) is 1.62. The van der Waals surface area contributed by atoms with Gasteiger partial charge < -0.3 is 33.2 Å². The second kappa shape index (κ2) is 26.3. The van der Waals surface area contributed by atoms with E-state index in [0.29, 0.717) is 54.3 Å². The molecular formula is C64H88N6O15S2. The molecule has 0 unspecified atom stereocenters. The lowest BCUT2D eigenvalue weighted by atomic mass is 9.91. The molecule has 3 amide bonds. The summed E-state index contributed by atoms with van der Waals surface area (Å²) in [4.78, 5) is 92.3. The van der Waals surface area contributed by atoms with E-state index in [2.05, 4.69) is 20.8 Å². The third-order valence-corrected chi connectivity index (χ3v) is 23.1.